The number of methoxy groups -OCH3 is 1. The summed E-state index contributed by atoms with van der Waals surface area (Å²) in [5.41, 5.74) is 0.979. The highest BCUT2D eigenvalue weighted by Gasteiger charge is 2.38. The van der Waals surface area contributed by atoms with Crippen LogP contribution in [0.5, 0.6) is 5.75 Å². The van der Waals surface area contributed by atoms with E-state index in [1.807, 2.05) is 24.3 Å². The third-order valence-corrected chi connectivity index (χ3v) is 4.21. The molecule has 1 aromatic carbocycles. The fourth-order valence-corrected chi connectivity index (χ4v) is 2.78. The number of imide groups is 1. The van der Waals surface area contributed by atoms with Gasteiger partial charge in [0.05, 0.1) is 13.5 Å². The van der Waals surface area contributed by atoms with Crippen molar-refractivity contribution in [3.8, 4) is 5.75 Å². The van der Waals surface area contributed by atoms with Gasteiger partial charge in [-0.2, -0.15) is 0 Å². The molecule has 3 rings (SSSR count). The van der Waals surface area contributed by atoms with E-state index in [-0.39, 0.29) is 18.9 Å². The van der Waals surface area contributed by atoms with Crippen LogP contribution in [0.2, 0.25) is 0 Å². The van der Waals surface area contributed by atoms with Gasteiger partial charge in [-0.05, 0) is 36.2 Å². The number of hydrogen-bond donors (Lipinski definition) is 2. The van der Waals surface area contributed by atoms with Crippen molar-refractivity contribution < 1.29 is 19.1 Å². The molecule has 27 heavy (non-hydrogen) atoms. The van der Waals surface area contributed by atoms with E-state index in [0.717, 1.165) is 16.2 Å². The Labute approximate surface area is 156 Å². The van der Waals surface area contributed by atoms with Crippen LogP contribution in [-0.2, 0) is 16.0 Å². The molecular weight excluding hydrogens is 348 g/mol. The molecule has 1 aliphatic rings. The average Bonchev–Trinajstić information content (AvgIpc) is 2.94. The molecule has 4 amide bonds. The highest BCUT2D eigenvalue weighted by atomic mass is 16.5. The van der Waals surface area contributed by atoms with Gasteiger partial charge in [0.25, 0.3) is 5.91 Å². The largest absolute Gasteiger partial charge is 0.497 e. The first-order valence-electron chi connectivity index (χ1n) is 8.52. The second-order valence-electron chi connectivity index (χ2n) is 6.06. The summed E-state index contributed by atoms with van der Waals surface area (Å²) in [5, 5.41) is 5.16. The number of nitrogens with zero attached hydrogens (tertiary/aromatic N) is 2. The Balaban J connectivity index is 1.53. The number of ether oxygens (including phenoxy) is 1. The number of rotatable bonds is 7. The summed E-state index contributed by atoms with van der Waals surface area (Å²) in [6, 6.07) is 11.2. The van der Waals surface area contributed by atoms with Crippen molar-refractivity contribution in [3.63, 3.8) is 0 Å². The number of carbonyl (C=O) groups excluding carboxylic acids is 3. The molecule has 140 valence electrons. The number of aromatic nitrogens is 1. The zero-order valence-electron chi connectivity index (χ0n) is 14.8. The minimum Gasteiger partial charge on any atom is -0.497 e. The van der Waals surface area contributed by atoms with Crippen LogP contribution in [0.4, 0.5) is 10.6 Å². The zero-order valence-corrected chi connectivity index (χ0v) is 14.8. The minimum atomic E-state index is -0.864. The van der Waals surface area contributed by atoms with Gasteiger partial charge in [-0.15, -0.1) is 0 Å². The normalized spacial score (nSPS) is 16.2. The Morgan fingerprint density at radius 3 is 2.67 bits per heavy atom. The predicted molar refractivity (Wildman–Crippen MR) is 98.2 cm³/mol. The van der Waals surface area contributed by atoms with Gasteiger partial charge in [0.2, 0.25) is 5.91 Å². The zero-order chi connectivity index (χ0) is 19.2. The number of carbonyl (C=O) groups is 3. The van der Waals surface area contributed by atoms with Crippen molar-refractivity contribution in [1.29, 1.82) is 0 Å². The maximum atomic E-state index is 12.5. The standard InChI is InChI=1S/C19H20N4O4/c1-27-14-7-5-13(6-8-14)9-11-23-18(25)15(21-19(23)26)12-17(24)22-16-4-2-3-10-20-16/h2-8,10,15H,9,11-12H2,1H3,(H,21,26)(H,20,22,24)/t15-/m0/s1. The summed E-state index contributed by atoms with van der Waals surface area (Å²) in [6.45, 7) is 0.245. The molecular formula is C19H20N4O4. The Morgan fingerprint density at radius 1 is 1.22 bits per heavy atom. The third-order valence-electron chi connectivity index (χ3n) is 4.21. The molecule has 0 spiro atoms. The summed E-state index contributed by atoms with van der Waals surface area (Å²) >= 11 is 0. The molecule has 2 heterocycles. The van der Waals surface area contributed by atoms with Crippen LogP contribution in [0.25, 0.3) is 0 Å². The Kier molecular flexibility index (Phi) is 5.65. The number of benzene rings is 1. The van der Waals surface area contributed by atoms with E-state index < -0.39 is 18.0 Å². The molecule has 1 fully saturated rings. The first-order valence-corrected chi connectivity index (χ1v) is 8.52. The van der Waals surface area contributed by atoms with Crippen LogP contribution in [0.3, 0.4) is 0 Å². The molecule has 0 bridgehead atoms. The van der Waals surface area contributed by atoms with Crippen molar-refractivity contribution in [1.82, 2.24) is 15.2 Å². The summed E-state index contributed by atoms with van der Waals surface area (Å²) in [4.78, 5) is 41.8. The van der Waals surface area contributed by atoms with E-state index in [4.69, 9.17) is 4.74 Å². The van der Waals surface area contributed by atoms with Gasteiger partial charge in [0.15, 0.2) is 0 Å². The lowest BCUT2D eigenvalue weighted by Gasteiger charge is -2.13. The lowest BCUT2D eigenvalue weighted by molar-refractivity contribution is -0.129. The van der Waals surface area contributed by atoms with Gasteiger partial charge in [0.1, 0.15) is 17.6 Å². The molecule has 1 aromatic heterocycles. The summed E-state index contributed by atoms with van der Waals surface area (Å²) in [7, 11) is 1.59. The van der Waals surface area contributed by atoms with E-state index in [2.05, 4.69) is 15.6 Å². The number of pyridine rings is 1. The van der Waals surface area contributed by atoms with Gasteiger partial charge < -0.3 is 15.4 Å². The van der Waals surface area contributed by atoms with Crippen molar-refractivity contribution >= 4 is 23.7 Å². The molecule has 0 saturated carbocycles. The first kappa shape index (κ1) is 18.4. The van der Waals surface area contributed by atoms with Gasteiger partial charge in [-0.1, -0.05) is 18.2 Å². The quantitative estimate of drug-likeness (QED) is 0.723. The van der Waals surface area contributed by atoms with Crippen molar-refractivity contribution in [3.05, 3.63) is 54.2 Å². The number of hydrogen-bond acceptors (Lipinski definition) is 5. The van der Waals surface area contributed by atoms with Crippen LogP contribution in [0.15, 0.2) is 48.7 Å². The molecule has 1 aliphatic heterocycles. The maximum absolute atomic E-state index is 12.5. The van der Waals surface area contributed by atoms with Crippen LogP contribution in [-0.4, -0.2) is 47.4 Å². The Bertz CT molecular complexity index is 823. The highest BCUT2D eigenvalue weighted by Crippen LogP contribution is 2.15. The molecule has 1 atom stereocenters. The lowest BCUT2D eigenvalue weighted by Crippen LogP contribution is -2.35. The van der Waals surface area contributed by atoms with Gasteiger partial charge >= 0.3 is 6.03 Å². The number of amides is 4. The second-order valence-corrected chi connectivity index (χ2v) is 6.06. The minimum absolute atomic E-state index is 0.139. The Morgan fingerprint density at radius 2 is 2.00 bits per heavy atom. The van der Waals surface area contributed by atoms with Crippen LogP contribution >= 0.6 is 0 Å². The molecule has 0 unspecified atom stereocenters. The number of anilines is 1. The fraction of sp³-hybridized carbons (Fsp3) is 0.263. The first-order chi connectivity index (χ1) is 13.1. The third kappa shape index (κ3) is 4.60. The van der Waals surface area contributed by atoms with Gasteiger partial charge in [-0.25, -0.2) is 9.78 Å². The SMILES string of the molecule is COc1ccc(CCN2C(=O)N[C@@H](CC(=O)Nc3ccccn3)C2=O)cc1. The molecule has 0 aliphatic carbocycles. The van der Waals surface area contributed by atoms with Gasteiger partial charge in [0, 0.05) is 12.7 Å². The predicted octanol–water partition coefficient (Wildman–Crippen LogP) is 1.58. The van der Waals surface area contributed by atoms with Crippen LogP contribution in [0, 0.1) is 0 Å². The lowest BCUT2D eigenvalue weighted by atomic mass is 10.1. The second kappa shape index (κ2) is 8.31. The van der Waals surface area contributed by atoms with E-state index in [0.29, 0.717) is 12.2 Å². The van der Waals surface area contributed by atoms with E-state index >= 15 is 0 Å². The monoisotopic (exact) mass is 368 g/mol. The van der Waals surface area contributed by atoms with E-state index in [9.17, 15) is 14.4 Å². The number of urea groups is 1. The van der Waals surface area contributed by atoms with Gasteiger partial charge in [-0.3, -0.25) is 14.5 Å². The molecule has 1 saturated heterocycles. The fourth-order valence-electron chi connectivity index (χ4n) is 2.78. The topological polar surface area (TPSA) is 101 Å². The summed E-state index contributed by atoms with van der Waals surface area (Å²) in [5.74, 6) is 0.359. The molecule has 2 N–H and O–H groups in total. The molecule has 8 nitrogen and oxygen atoms in total. The maximum Gasteiger partial charge on any atom is 0.324 e. The van der Waals surface area contributed by atoms with E-state index in [1.165, 1.54) is 0 Å². The summed E-state index contributed by atoms with van der Waals surface area (Å²) < 4.78 is 5.10. The summed E-state index contributed by atoms with van der Waals surface area (Å²) in [6.07, 6.45) is 1.94. The molecule has 2 aromatic rings. The van der Waals surface area contributed by atoms with Crippen molar-refractivity contribution in [2.45, 2.75) is 18.9 Å². The molecule has 0 radical (unpaired) electrons. The molecule has 8 heteroatoms. The average molecular weight is 368 g/mol. The highest BCUT2D eigenvalue weighted by molar-refractivity contribution is 6.06. The number of nitrogens with one attached hydrogen (secondary N) is 2. The van der Waals surface area contributed by atoms with Crippen molar-refractivity contribution in [2.24, 2.45) is 0 Å². The van der Waals surface area contributed by atoms with Crippen molar-refractivity contribution in [2.75, 3.05) is 19.0 Å². The smallest absolute Gasteiger partial charge is 0.324 e. The van der Waals surface area contributed by atoms with Crippen LogP contribution in [0.1, 0.15) is 12.0 Å². The van der Waals surface area contributed by atoms with E-state index in [1.54, 1.807) is 31.5 Å². The Hall–Kier alpha value is -3.42. The van der Waals surface area contributed by atoms with Crippen LogP contribution < -0.4 is 15.4 Å².